The maximum atomic E-state index is 14.2. The third-order valence-corrected chi connectivity index (χ3v) is 9.41. The standard InChI is InChI=1S/C33H34ClFN4O5/c1-18-4-7-29(44-17-19-5-6-21(34)12-25(19)35)37-31(18)30-23-14-38(15-24(23)30)16-28-36-32-26(39(28)13-22-8-9-43-22)10-20(33(40)42-3)11-27(32)41-2/h4-7,10-12,22-24,30H,8-9,13-17H2,1-3H3/t22?,23-,24+,30?. The number of rotatable bonds is 10. The Morgan fingerprint density at radius 2 is 1.91 bits per heavy atom. The van der Waals surface area contributed by atoms with Gasteiger partial charge in [-0.15, -0.1) is 0 Å². The van der Waals surface area contributed by atoms with E-state index in [4.69, 9.17) is 40.5 Å². The number of pyridine rings is 1. The van der Waals surface area contributed by atoms with Gasteiger partial charge in [0.25, 0.3) is 0 Å². The van der Waals surface area contributed by atoms with Gasteiger partial charge in [0.15, 0.2) is 0 Å². The van der Waals surface area contributed by atoms with Crippen molar-refractivity contribution in [3.8, 4) is 11.6 Å². The third kappa shape index (κ3) is 5.39. The first-order valence-corrected chi connectivity index (χ1v) is 15.2. The molecular formula is C33H34ClFN4O5. The van der Waals surface area contributed by atoms with E-state index in [1.165, 1.54) is 13.2 Å². The fourth-order valence-electron chi connectivity index (χ4n) is 6.67. The van der Waals surface area contributed by atoms with Crippen molar-refractivity contribution in [3.63, 3.8) is 0 Å². The molecule has 1 aliphatic carbocycles. The van der Waals surface area contributed by atoms with Gasteiger partial charge in [0.1, 0.15) is 29.5 Å². The number of aromatic nitrogens is 3. The smallest absolute Gasteiger partial charge is 0.338 e. The number of hydrogen-bond acceptors (Lipinski definition) is 8. The van der Waals surface area contributed by atoms with Gasteiger partial charge in [-0.25, -0.2) is 19.2 Å². The molecule has 2 saturated heterocycles. The van der Waals surface area contributed by atoms with Gasteiger partial charge < -0.3 is 23.5 Å². The average Bonchev–Trinajstić information content (AvgIpc) is 3.30. The molecule has 2 aromatic heterocycles. The topological polar surface area (TPSA) is 87.9 Å². The summed E-state index contributed by atoms with van der Waals surface area (Å²) in [5, 5.41) is 0.355. The van der Waals surface area contributed by atoms with Gasteiger partial charge in [0.2, 0.25) is 5.88 Å². The number of ether oxygens (including phenoxy) is 4. The lowest BCUT2D eigenvalue weighted by Crippen LogP contribution is -2.33. The van der Waals surface area contributed by atoms with Crippen LogP contribution in [0.2, 0.25) is 5.02 Å². The number of imidazole rings is 1. The molecule has 44 heavy (non-hydrogen) atoms. The van der Waals surface area contributed by atoms with Crippen molar-refractivity contribution >= 4 is 28.6 Å². The number of hydrogen-bond donors (Lipinski definition) is 0. The van der Waals surface area contributed by atoms with Gasteiger partial charge in [-0.1, -0.05) is 23.7 Å². The summed E-state index contributed by atoms with van der Waals surface area (Å²) >= 11 is 5.88. The lowest BCUT2D eigenvalue weighted by Gasteiger charge is -2.28. The van der Waals surface area contributed by atoms with Crippen LogP contribution in [-0.4, -0.2) is 65.4 Å². The zero-order valence-corrected chi connectivity index (χ0v) is 25.6. The predicted molar refractivity (Wildman–Crippen MR) is 162 cm³/mol. The molecule has 2 aromatic carbocycles. The molecule has 230 valence electrons. The molecule has 3 aliphatic rings. The third-order valence-electron chi connectivity index (χ3n) is 9.17. The second kappa shape index (κ2) is 11.6. The fourth-order valence-corrected chi connectivity index (χ4v) is 6.83. The summed E-state index contributed by atoms with van der Waals surface area (Å²) < 4.78 is 38.7. The molecule has 9 nitrogen and oxygen atoms in total. The number of carbonyl (C=O) groups excluding carboxylic acids is 1. The molecule has 0 N–H and O–H groups in total. The Morgan fingerprint density at radius 1 is 1.11 bits per heavy atom. The molecule has 4 aromatic rings. The van der Waals surface area contributed by atoms with E-state index in [9.17, 15) is 9.18 Å². The highest BCUT2D eigenvalue weighted by Gasteiger charge is 2.57. The molecule has 1 saturated carbocycles. The maximum Gasteiger partial charge on any atom is 0.338 e. The van der Waals surface area contributed by atoms with Crippen LogP contribution in [0.15, 0.2) is 42.5 Å². The van der Waals surface area contributed by atoms with E-state index in [0.717, 1.165) is 54.2 Å². The van der Waals surface area contributed by atoms with Crippen LogP contribution in [0, 0.1) is 24.6 Å². The minimum Gasteiger partial charge on any atom is -0.494 e. The number of piperidine rings is 1. The lowest BCUT2D eigenvalue weighted by atomic mass is 10.1. The van der Waals surface area contributed by atoms with E-state index in [0.29, 0.717) is 58.6 Å². The van der Waals surface area contributed by atoms with Gasteiger partial charge in [-0.05, 0) is 55.0 Å². The number of halogens is 2. The van der Waals surface area contributed by atoms with E-state index < -0.39 is 11.8 Å². The molecule has 0 bridgehead atoms. The number of likely N-dealkylation sites (tertiary alicyclic amines) is 1. The first-order chi connectivity index (χ1) is 21.3. The summed E-state index contributed by atoms with van der Waals surface area (Å²) in [5.41, 5.74) is 4.63. The minimum atomic E-state index is -0.416. The number of fused-ring (bicyclic) bond motifs is 2. The van der Waals surface area contributed by atoms with Crippen LogP contribution in [0.1, 0.15) is 45.3 Å². The summed E-state index contributed by atoms with van der Waals surface area (Å²) in [5.74, 6) is 2.52. The van der Waals surface area contributed by atoms with Crippen LogP contribution >= 0.6 is 11.6 Å². The molecule has 7 rings (SSSR count). The largest absolute Gasteiger partial charge is 0.494 e. The summed E-state index contributed by atoms with van der Waals surface area (Å²) in [7, 11) is 2.96. The predicted octanol–water partition coefficient (Wildman–Crippen LogP) is 5.54. The van der Waals surface area contributed by atoms with Crippen molar-refractivity contribution in [2.75, 3.05) is 33.9 Å². The zero-order chi connectivity index (χ0) is 30.5. The Kier molecular flexibility index (Phi) is 7.68. The number of aryl methyl sites for hydroxylation is 1. The van der Waals surface area contributed by atoms with Gasteiger partial charge in [-0.2, -0.15) is 0 Å². The number of carbonyl (C=O) groups is 1. The van der Waals surface area contributed by atoms with Crippen molar-refractivity contribution in [3.05, 3.63) is 81.5 Å². The van der Waals surface area contributed by atoms with Crippen LogP contribution in [0.3, 0.4) is 0 Å². The SMILES string of the molecule is COC(=O)c1cc(OC)c2nc(CN3C[C@@H]4C(c5nc(OCc6ccc(Cl)cc6F)ccc5C)[C@@H]4C3)n(CC3CCO3)c2c1. The lowest BCUT2D eigenvalue weighted by molar-refractivity contribution is -0.0591. The van der Waals surface area contributed by atoms with Crippen molar-refractivity contribution < 1.29 is 28.1 Å². The Morgan fingerprint density at radius 3 is 2.59 bits per heavy atom. The van der Waals surface area contributed by atoms with Crippen LogP contribution < -0.4 is 9.47 Å². The molecule has 0 amide bonds. The average molecular weight is 621 g/mol. The summed E-state index contributed by atoms with van der Waals surface area (Å²) in [4.78, 5) is 24.7. The van der Waals surface area contributed by atoms with Crippen LogP contribution in [0.25, 0.3) is 11.0 Å². The first kappa shape index (κ1) is 29.0. The van der Waals surface area contributed by atoms with Crippen LogP contribution in [0.5, 0.6) is 11.6 Å². The maximum absolute atomic E-state index is 14.2. The van der Waals surface area contributed by atoms with Crippen LogP contribution in [-0.2, 0) is 29.2 Å². The van der Waals surface area contributed by atoms with Gasteiger partial charge in [-0.3, -0.25) is 4.90 Å². The molecule has 0 radical (unpaired) electrons. The molecule has 11 heteroatoms. The number of benzene rings is 2. The summed E-state index contributed by atoms with van der Waals surface area (Å²) in [6.07, 6.45) is 1.11. The second-order valence-corrected chi connectivity index (χ2v) is 12.3. The fraction of sp³-hybridized carbons (Fsp3) is 0.424. The Labute approximate surface area is 259 Å². The minimum absolute atomic E-state index is 0.0859. The zero-order valence-electron chi connectivity index (χ0n) is 24.9. The van der Waals surface area contributed by atoms with Crippen LogP contribution in [0.4, 0.5) is 4.39 Å². The number of nitrogens with zero attached hydrogens (tertiary/aromatic N) is 4. The van der Waals surface area contributed by atoms with Crippen molar-refractivity contribution in [2.24, 2.45) is 11.8 Å². The number of methoxy groups -OCH3 is 2. The molecule has 4 atom stereocenters. The molecule has 4 heterocycles. The Hall–Kier alpha value is -3.73. The highest BCUT2D eigenvalue weighted by Crippen LogP contribution is 2.58. The van der Waals surface area contributed by atoms with E-state index in [1.54, 1.807) is 25.3 Å². The van der Waals surface area contributed by atoms with Crippen molar-refractivity contribution in [1.29, 1.82) is 0 Å². The first-order valence-electron chi connectivity index (χ1n) is 14.9. The van der Waals surface area contributed by atoms with E-state index in [1.807, 2.05) is 18.2 Å². The normalized spacial score (nSPS) is 22.5. The monoisotopic (exact) mass is 620 g/mol. The van der Waals surface area contributed by atoms with Crippen molar-refractivity contribution in [1.82, 2.24) is 19.4 Å². The molecular weight excluding hydrogens is 587 g/mol. The highest BCUT2D eigenvalue weighted by atomic mass is 35.5. The summed E-state index contributed by atoms with van der Waals surface area (Å²) in [6, 6.07) is 12.0. The molecule has 3 fully saturated rings. The molecule has 0 spiro atoms. The van der Waals surface area contributed by atoms with E-state index in [-0.39, 0.29) is 12.7 Å². The Bertz CT molecular complexity index is 1730. The molecule has 2 unspecified atom stereocenters. The van der Waals surface area contributed by atoms with E-state index >= 15 is 0 Å². The van der Waals surface area contributed by atoms with Gasteiger partial charge >= 0.3 is 5.97 Å². The molecule has 2 aliphatic heterocycles. The van der Waals surface area contributed by atoms with Crippen molar-refractivity contribution in [2.45, 2.75) is 45.1 Å². The Balaban J connectivity index is 1.07. The highest BCUT2D eigenvalue weighted by molar-refractivity contribution is 6.30. The second-order valence-electron chi connectivity index (χ2n) is 11.9. The van der Waals surface area contributed by atoms with Gasteiger partial charge in [0, 0.05) is 42.3 Å². The quantitative estimate of drug-likeness (QED) is 0.214. The van der Waals surface area contributed by atoms with Gasteiger partial charge in [0.05, 0.1) is 50.2 Å². The summed E-state index contributed by atoms with van der Waals surface area (Å²) in [6.45, 7) is 6.15. The van der Waals surface area contributed by atoms with E-state index in [2.05, 4.69) is 16.4 Å². The number of esters is 1.